The first-order valence-corrected chi connectivity index (χ1v) is 7.61. The number of furan rings is 1. The van der Waals surface area contributed by atoms with Crippen LogP contribution in [0.5, 0.6) is 0 Å². The minimum absolute atomic E-state index is 0.0588. The van der Waals surface area contributed by atoms with Crippen molar-refractivity contribution in [3.63, 3.8) is 0 Å². The zero-order valence-electron chi connectivity index (χ0n) is 13.3. The summed E-state index contributed by atoms with van der Waals surface area (Å²) in [5, 5.41) is 15.0. The van der Waals surface area contributed by atoms with Crippen LogP contribution in [-0.2, 0) is 4.79 Å². The number of rotatable bonds is 5. The molecular formula is C18H17N2O4-. The van der Waals surface area contributed by atoms with E-state index in [0.29, 0.717) is 0 Å². The molecule has 6 nitrogen and oxygen atoms in total. The number of benzene rings is 1. The fraction of sp³-hybridized carbons (Fsp3) is 0.222. The summed E-state index contributed by atoms with van der Waals surface area (Å²) in [7, 11) is 0. The number of hydrogen-bond donors (Lipinski definition) is 2. The molecule has 6 heteroatoms. The van der Waals surface area contributed by atoms with Gasteiger partial charge in [-0.1, -0.05) is 19.1 Å². The first-order valence-electron chi connectivity index (χ1n) is 7.61. The molecule has 0 saturated carbocycles. The van der Waals surface area contributed by atoms with Gasteiger partial charge in [-0.05, 0) is 36.2 Å². The molecule has 1 amide bonds. The Morgan fingerprint density at radius 1 is 1.25 bits per heavy atom. The summed E-state index contributed by atoms with van der Waals surface area (Å²) < 4.78 is 5.00. The molecule has 24 heavy (non-hydrogen) atoms. The van der Waals surface area contributed by atoms with Crippen molar-refractivity contribution in [2.75, 3.05) is 0 Å². The van der Waals surface area contributed by atoms with Crippen molar-refractivity contribution in [3.05, 3.63) is 59.7 Å². The second-order valence-corrected chi connectivity index (χ2v) is 5.78. The Balaban J connectivity index is 1.93. The lowest BCUT2D eigenvalue weighted by atomic mass is 9.91. The normalized spacial score (nSPS) is 13.6. The van der Waals surface area contributed by atoms with E-state index in [1.807, 2.05) is 25.1 Å². The van der Waals surface area contributed by atoms with Gasteiger partial charge in [0, 0.05) is 23.0 Å². The summed E-state index contributed by atoms with van der Waals surface area (Å²) >= 11 is 0. The van der Waals surface area contributed by atoms with Crippen LogP contribution in [0.3, 0.4) is 0 Å². The zero-order chi connectivity index (χ0) is 17.3. The molecule has 0 saturated heterocycles. The van der Waals surface area contributed by atoms with E-state index in [-0.39, 0.29) is 5.76 Å². The van der Waals surface area contributed by atoms with Crippen LogP contribution in [0.25, 0.3) is 10.9 Å². The lowest BCUT2D eigenvalue weighted by Crippen LogP contribution is -2.50. The fourth-order valence-corrected chi connectivity index (χ4v) is 2.95. The van der Waals surface area contributed by atoms with Crippen molar-refractivity contribution in [3.8, 4) is 0 Å². The number of fused-ring (bicyclic) bond motifs is 1. The molecule has 2 atom stereocenters. The zero-order valence-corrected chi connectivity index (χ0v) is 13.3. The lowest BCUT2D eigenvalue weighted by Gasteiger charge is -2.25. The summed E-state index contributed by atoms with van der Waals surface area (Å²) in [6.07, 6.45) is 3.13. The summed E-state index contributed by atoms with van der Waals surface area (Å²) in [5.41, 5.74) is 2.77. The first kappa shape index (κ1) is 15.9. The molecule has 2 N–H and O–H groups in total. The van der Waals surface area contributed by atoms with Gasteiger partial charge >= 0.3 is 0 Å². The van der Waals surface area contributed by atoms with Crippen molar-refractivity contribution in [2.24, 2.45) is 0 Å². The molecule has 0 aliphatic carbocycles. The molecule has 0 fully saturated rings. The maximum atomic E-state index is 12.1. The van der Waals surface area contributed by atoms with Crippen LogP contribution in [0.2, 0.25) is 0 Å². The van der Waals surface area contributed by atoms with Gasteiger partial charge in [-0.3, -0.25) is 4.79 Å². The first-order chi connectivity index (χ1) is 11.5. The molecule has 3 aromatic rings. The van der Waals surface area contributed by atoms with Crippen LogP contribution < -0.4 is 10.4 Å². The predicted molar refractivity (Wildman–Crippen MR) is 86.4 cm³/mol. The number of nitrogens with one attached hydrogen (secondary N) is 2. The van der Waals surface area contributed by atoms with Gasteiger partial charge in [0.2, 0.25) is 0 Å². The molecule has 0 aliphatic rings. The summed E-state index contributed by atoms with van der Waals surface area (Å²) in [5.74, 6) is -2.35. The van der Waals surface area contributed by atoms with E-state index in [9.17, 15) is 14.7 Å². The highest BCUT2D eigenvalue weighted by molar-refractivity contribution is 5.95. The van der Waals surface area contributed by atoms with Crippen molar-refractivity contribution >= 4 is 22.8 Å². The smallest absolute Gasteiger partial charge is 0.287 e. The highest BCUT2D eigenvalue weighted by atomic mass is 16.4. The Kier molecular flexibility index (Phi) is 4.12. The van der Waals surface area contributed by atoms with E-state index >= 15 is 0 Å². The van der Waals surface area contributed by atoms with Gasteiger partial charge in [-0.15, -0.1) is 0 Å². The molecule has 0 bridgehead atoms. The highest BCUT2D eigenvalue weighted by Crippen LogP contribution is 2.30. The van der Waals surface area contributed by atoms with Gasteiger partial charge in [-0.25, -0.2) is 0 Å². The van der Waals surface area contributed by atoms with Crippen LogP contribution >= 0.6 is 0 Å². The Bertz CT molecular complexity index is 880. The molecule has 0 spiro atoms. The number of aliphatic carboxylic acids is 1. The average molecular weight is 325 g/mol. The number of H-pyrrole nitrogens is 1. The number of aromatic amines is 1. The van der Waals surface area contributed by atoms with E-state index < -0.39 is 23.8 Å². The van der Waals surface area contributed by atoms with E-state index in [4.69, 9.17) is 4.42 Å². The third-order valence-corrected chi connectivity index (χ3v) is 4.22. The minimum Gasteiger partial charge on any atom is -0.548 e. The minimum atomic E-state index is -1.34. The van der Waals surface area contributed by atoms with Crippen molar-refractivity contribution in [1.82, 2.24) is 10.3 Å². The Morgan fingerprint density at radius 3 is 2.71 bits per heavy atom. The van der Waals surface area contributed by atoms with E-state index in [1.54, 1.807) is 19.2 Å². The van der Waals surface area contributed by atoms with Crippen LogP contribution in [0.4, 0.5) is 0 Å². The van der Waals surface area contributed by atoms with Gasteiger partial charge in [0.1, 0.15) is 0 Å². The average Bonchev–Trinajstić information content (AvgIpc) is 3.21. The largest absolute Gasteiger partial charge is 0.548 e. The fourth-order valence-electron chi connectivity index (χ4n) is 2.95. The quantitative estimate of drug-likeness (QED) is 0.746. The summed E-state index contributed by atoms with van der Waals surface area (Å²) in [6, 6.07) is 7.67. The van der Waals surface area contributed by atoms with Crippen molar-refractivity contribution in [2.45, 2.75) is 25.8 Å². The monoisotopic (exact) mass is 325 g/mol. The van der Waals surface area contributed by atoms with Crippen LogP contribution in [0.15, 0.2) is 47.2 Å². The van der Waals surface area contributed by atoms with Gasteiger partial charge < -0.3 is 24.6 Å². The molecular weight excluding hydrogens is 308 g/mol. The van der Waals surface area contributed by atoms with E-state index in [1.165, 1.54) is 12.3 Å². The third kappa shape index (κ3) is 2.78. The molecule has 0 aliphatic heterocycles. The molecule has 0 unspecified atom stereocenters. The number of carboxylic acids is 1. The number of aryl methyl sites for hydroxylation is 1. The molecule has 124 valence electrons. The molecule has 2 aromatic heterocycles. The van der Waals surface area contributed by atoms with Crippen LogP contribution in [-0.4, -0.2) is 22.9 Å². The number of hydrogen-bond acceptors (Lipinski definition) is 4. The van der Waals surface area contributed by atoms with Gasteiger partial charge in [0.15, 0.2) is 5.76 Å². The van der Waals surface area contributed by atoms with Crippen LogP contribution in [0.1, 0.15) is 34.5 Å². The van der Waals surface area contributed by atoms with E-state index in [0.717, 1.165) is 22.0 Å². The SMILES string of the molecule is Cc1cccc2[nH]cc([C@H](C)[C@H](NC(=O)c3ccco3)C(=O)[O-])c12. The topological polar surface area (TPSA) is 98.2 Å². The van der Waals surface area contributed by atoms with Gasteiger partial charge in [0.25, 0.3) is 5.91 Å². The van der Waals surface area contributed by atoms with Crippen LogP contribution in [0, 0.1) is 6.92 Å². The third-order valence-electron chi connectivity index (χ3n) is 4.22. The van der Waals surface area contributed by atoms with Gasteiger partial charge in [-0.2, -0.15) is 0 Å². The van der Waals surface area contributed by atoms with Gasteiger partial charge in [0.05, 0.1) is 18.3 Å². The standard InChI is InChI=1S/C18H18N2O4/c1-10-5-3-6-13-15(10)12(9-19-13)11(2)16(18(22)23)20-17(21)14-7-4-8-24-14/h3-9,11,16,19H,1-2H3,(H,20,21)(H,22,23)/p-1/t11-,16-/m0/s1. The van der Waals surface area contributed by atoms with Crippen molar-refractivity contribution in [1.29, 1.82) is 0 Å². The number of amides is 1. The molecule has 1 aromatic carbocycles. The maximum absolute atomic E-state index is 12.1. The highest BCUT2D eigenvalue weighted by Gasteiger charge is 2.26. The summed E-state index contributed by atoms with van der Waals surface area (Å²) in [4.78, 5) is 26.9. The lowest BCUT2D eigenvalue weighted by molar-refractivity contribution is -0.308. The Morgan fingerprint density at radius 2 is 2.04 bits per heavy atom. The second kappa shape index (κ2) is 6.23. The molecule has 0 radical (unpaired) electrons. The van der Waals surface area contributed by atoms with Crippen molar-refractivity contribution < 1.29 is 19.1 Å². The Labute approximate surface area is 138 Å². The maximum Gasteiger partial charge on any atom is 0.287 e. The predicted octanol–water partition coefficient (Wildman–Crippen LogP) is 1.72. The number of carbonyl (C=O) groups is 2. The molecule has 2 heterocycles. The summed E-state index contributed by atoms with van der Waals surface area (Å²) in [6.45, 7) is 3.71. The number of carbonyl (C=O) groups excluding carboxylic acids is 2. The number of aromatic nitrogens is 1. The Hall–Kier alpha value is -3.02. The molecule has 3 rings (SSSR count). The second-order valence-electron chi connectivity index (χ2n) is 5.78. The number of carboxylic acid groups (broad SMARTS) is 1. The van der Waals surface area contributed by atoms with E-state index in [2.05, 4.69) is 10.3 Å².